The Morgan fingerprint density at radius 2 is 2.18 bits per heavy atom. The van der Waals surface area contributed by atoms with Crippen LogP contribution in [-0.4, -0.2) is 23.0 Å². The number of hydrogen-bond donors (Lipinski definition) is 1. The Labute approximate surface area is 108 Å². The van der Waals surface area contributed by atoms with Gasteiger partial charge in [0.25, 0.3) is 5.56 Å². The van der Waals surface area contributed by atoms with E-state index in [-0.39, 0.29) is 10.9 Å². The summed E-state index contributed by atoms with van der Waals surface area (Å²) in [6.45, 7) is 6.58. The molecule has 1 atom stereocenters. The van der Waals surface area contributed by atoms with Crippen molar-refractivity contribution in [3.05, 3.63) is 34.7 Å². The van der Waals surface area contributed by atoms with Gasteiger partial charge in [0.05, 0.1) is 0 Å². The number of rotatable bonds is 7. The number of pyridine rings is 1. The van der Waals surface area contributed by atoms with Gasteiger partial charge in [-0.1, -0.05) is 19.9 Å². The third-order valence-corrected chi connectivity index (χ3v) is 2.85. The van der Waals surface area contributed by atoms with Crippen molar-refractivity contribution in [2.24, 2.45) is 5.92 Å². The van der Waals surface area contributed by atoms with Crippen molar-refractivity contribution in [2.75, 3.05) is 13.1 Å². The molecule has 0 spiro atoms. The highest BCUT2D eigenvalue weighted by molar-refractivity contribution is 6.20. The van der Waals surface area contributed by atoms with Crippen LogP contribution >= 0.6 is 11.6 Å². The van der Waals surface area contributed by atoms with Gasteiger partial charge in [0.15, 0.2) is 0 Å². The van der Waals surface area contributed by atoms with E-state index in [1.54, 1.807) is 22.9 Å². The Balaban J connectivity index is 2.21. The number of halogens is 1. The van der Waals surface area contributed by atoms with Gasteiger partial charge < -0.3 is 9.88 Å². The van der Waals surface area contributed by atoms with Crippen LogP contribution < -0.4 is 10.9 Å². The van der Waals surface area contributed by atoms with E-state index in [1.807, 2.05) is 6.07 Å². The van der Waals surface area contributed by atoms with E-state index in [0.29, 0.717) is 12.5 Å². The predicted octanol–water partition coefficient (Wildman–Crippen LogP) is 2.09. The zero-order valence-electron chi connectivity index (χ0n) is 10.5. The van der Waals surface area contributed by atoms with Crippen molar-refractivity contribution in [3.8, 4) is 0 Å². The first-order valence-electron chi connectivity index (χ1n) is 6.10. The maximum atomic E-state index is 11.4. The van der Waals surface area contributed by atoms with Gasteiger partial charge in [-0.05, 0) is 18.4 Å². The summed E-state index contributed by atoms with van der Waals surface area (Å²) < 4.78 is 1.69. The second kappa shape index (κ2) is 7.51. The lowest BCUT2D eigenvalue weighted by molar-refractivity contribution is 0.518. The summed E-state index contributed by atoms with van der Waals surface area (Å²) >= 11 is 6.16. The zero-order valence-corrected chi connectivity index (χ0v) is 11.3. The van der Waals surface area contributed by atoms with Crippen molar-refractivity contribution >= 4 is 11.6 Å². The lowest BCUT2D eigenvalue weighted by atomic mass is 10.1. The van der Waals surface area contributed by atoms with E-state index >= 15 is 0 Å². The Morgan fingerprint density at radius 3 is 2.82 bits per heavy atom. The molecule has 0 aliphatic heterocycles. The van der Waals surface area contributed by atoms with Crippen molar-refractivity contribution in [3.63, 3.8) is 0 Å². The molecule has 0 aliphatic rings. The van der Waals surface area contributed by atoms with Crippen LogP contribution in [0.15, 0.2) is 29.2 Å². The van der Waals surface area contributed by atoms with Crippen LogP contribution in [0.25, 0.3) is 0 Å². The quantitative estimate of drug-likeness (QED) is 0.599. The maximum absolute atomic E-state index is 11.4. The summed E-state index contributed by atoms with van der Waals surface area (Å²) in [5, 5.41) is 3.44. The molecule has 4 heteroatoms. The van der Waals surface area contributed by atoms with Crippen LogP contribution in [0.3, 0.4) is 0 Å². The zero-order chi connectivity index (χ0) is 12.7. The van der Waals surface area contributed by atoms with Gasteiger partial charge >= 0.3 is 0 Å². The molecule has 1 unspecified atom stereocenters. The Hall–Kier alpha value is -0.800. The standard InChI is InChI=1S/C13H21ClN2O/c1-11(2)9-12(14)10-15-6-8-16-7-4-3-5-13(16)17/h3-5,7,11-12,15H,6,8-10H2,1-2H3. The second-order valence-electron chi connectivity index (χ2n) is 4.66. The summed E-state index contributed by atoms with van der Waals surface area (Å²) in [4.78, 5) is 11.4. The predicted molar refractivity (Wildman–Crippen MR) is 72.7 cm³/mol. The highest BCUT2D eigenvalue weighted by Crippen LogP contribution is 2.09. The fourth-order valence-corrected chi connectivity index (χ4v) is 2.16. The third-order valence-electron chi connectivity index (χ3n) is 2.52. The van der Waals surface area contributed by atoms with Crippen LogP contribution in [0.5, 0.6) is 0 Å². The summed E-state index contributed by atoms with van der Waals surface area (Å²) in [6.07, 6.45) is 2.82. The normalized spacial score (nSPS) is 12.9. The number of alkyl halides is 1. The Kier molecular flexibility index (Phi) is 6.30. The largest absolute Gasteiger partial charge is 0.314 e. The van der Waals surface area contributed by atoms with Gasteiger partial charge in [-0.2, -0.15) is 0 Å². The molecule has 0 aliphatic carbocycles. The second-order valence-corrected chi connectivity index (χ2v) is 5.28. The van der Waals surface area contributed by atoms with Crippen molar-refractivity contribution in [1.29, 1.82) is 0 Å². The fourth-order valence-electron chi connectivity index (χ4n) is 1.70. The van der Waals surface area contributed by atoms with Crippen LogP contribution in [0.4, 0.5) is 0 Å². The van der Waals surface area contributed by atoms with E-state index in [1.165, 1.54) is 0 Å². The third kappa shape index (κ3) is 5.89. The van der Waals surface area contributed by atoms with Gasteiger partial charge in [-0.25, -0.2) is 0 Å². The molecular weight excluding hydrogens is 236 g/mol. The number of nitrogens with one attached hydrogen (secondary N) is 1. The molecule has 17 heavy (non-hydrogen) atoms. The van der Waals surface area contributed by atoms with Crippen LogP contribution in [0.2, 0.25) is 0 Å². The minimum atomic E-state index is 0.0407. The molecule has 1 aromatic rings. The number of nitrogens with zero attached hydrogens (tertiary/aromatic N) is 1. The van der Waals surface area contributed by atoms with Crippen molar-refractivity contribution < 1.29 is 0 Å². The SMILES string of the molecule is CC(C)CC(Cl)CNCCn1ccccc1=O. The first-order valence-corrected chi connectivity index (χ1v) is 6.53. The average Bonchev–Trinajstić information content (AvgIpc) is 2.25. The number of aromatic nitrogens is 1. The molecular formula is C13H21ClN2O. The Morgan fingerprint density at radius 1 is 1.41 bits per heavy atom. The molecule has 3 nitrogen and oxygen atoms in total. The van der Waals surface area contributed by atoms with Gasteiger partial charge in [-0.15, -0.1) is 11.6 Å². The van der Waals surface area contributed by atoms with E-state index in [4.69, 9.17) is 11.6 Å². The molecule has 1 N–H and O–H groups in total. The monoisotopic (exact) mass is 256 g/mol. The average molecular weight is 257 g/mol. The van der Waals surface area contributed by atoms with Crippen molar-refractivity contribution in [1.82, 2.24) is 9.88 Å². The molecule has 0 radical (unpaired) electrons. The smallest absolute Gasteiger partial charge is 0.250 e. The molecule has 96 valence electrons. The Bertz CT molecular complexity index is 376. The van der Waals surface area contributed by atoms with Crippen LogP contribution in [0, 0.1) is 5.92 Å². The summed E-state index contributed by atoms with van der Waals surface area (Å²) in [6, 6.07) is 5.19. The topological polar surface area (TPSA) is 34.0 Å². The molecule has 1 rings (SSSR count). The van der Waals surface area contributed by atoms with E-state index in [0.717, 1.165) is 19.5 Å². The fraction of sp³-hybridized carbons (Fsp3) is 0.615. The molecule has 1 heterocycles. The van der Waals surface area contributed by atoms with Crippen LogP contribution in [-0.2, 0) is 6.54 Å². The molecule has 0 saturated carbocycles. The van der Waals surface area contributed by atoms with Gasteiger partial charge in [0.1, 0.15) is 0 Å². The lowest BCUT2D eigenvalue weighted by Gasteiger charge is -2.13. The maximum Gasteiger partial charge on any atom is 0.250 e. The molecule has 0 fully saturated rings. The molecule has 0 amide bonds. The minimum Gasteiger partial charge on any atom is -0.314 e. The molecule has 0 aromatic carbocycles. The van der Waals surface area contributed by atoms with Gasteiger partial charge in [-0.3, -0.25) is 4.79 Å². The lowest BCUT2D eigenvalue weighted by Crippen LogP contribution is -2.30. The molecule has 0 bridgehead atoms. The highest BCUT2D eigenvalue weighted by atomic mass is 35.5. The minimum absolute atomic E-state index is 0.0407. The first-order chi connectivity index (χ1) is 8.09. The number of hydrogen-bond acceptors (Lipinski definition) is 2. The van der Waals surface area contributed by atoms with Crippen molar-refractivity contribution in [2.45, 2.75) is 32.2 Å². The summed E-state index contributed by atoms with van der Waals surface area (Å²) in [7, 11) is 0. The van der Waals surface area contributed by atoms with E-state index < -0.39 is 0 Å². The summed E-state index contributed by atoms with van der Waals surface area (Å²) in [5.74, 6) is 0.621. The van der Waals surface area contributed by atoms with Crippen LogP contribution in [0.1, 0.15) is 20.3 Å². The highest BCUT2D eigenvalue weighted by Gasteiger charge is 2.06. The molecule has 1 aromatic heterocycles. The first kappa shape index (κ1) is 14.3. The summed E-state index contributed by atoms with van der Waals surface area (Å²) in [5.41, 5.74) is 0.0407. The van der Waals surface area contributed by atoms with Gasteiger partial charge in [0.2, 0.25) is 0 Å². The van der Waals surface area contributed by atoms with E-state index in [9.17, 15) is 4.79 Å². The van der Waals surface area contributed by atoms with Gasteiger partial charge in [0, 0.05) is 37.3 Å². The molecule has 0 saturated heterocycles. The van der Waals surface area contributed by atoms with E-state index in [2.05, 4.69) is 19.2 Å².